The van der Waals surface area contributed by atoms with Gasteiger partial charge in [0.15, 0.2) is 0 Å². The van der Waals surface area contributed by atoms with Crippen molar-refractivity contribution in [1.82, 2.24) is 9.21 Å². The van der Waals surface area contributed by atoms with Crippen LogP contribution in [0.3, 0.4) is 0 Å². The number of amides is 1. The molecular weight excluding hydrogens is 534 g/mol. The summed E-state index contributed by atoms with van der Waals surface area (Å²) in [7, 11) is -2.71. The molecule has 0 aliphatic carbocycles. The van der Waals surface area contributed by atoms with Crippen molar-refractivity contribution < 1.29 is 17.9 Å². The van der Waals surface area contributed by atoms with Gasteiger partial charge in [0.25, 0.3) is 10.0 Å². The number of anilines is 1. The first-order valence-electron chi connectivity index (χ1n) is 13.7. The second-order valence-electron chi connectivity index (χ2n) is 10.2. The van der Waals surface area contributed by atoms with Gasteiger partial charge in [0.1, 0.15) is 5.54 Å². The summed E-state index contributed by atoms with van der Waals surface area (Å²) in [4.78, 5) is 14.9. The molecule has 1 saturated heterocycles. The first-order valence-corrected chi connectivity index (χ1v) is 15.1. The summed E-state index contributed by atoms with van der Waals surface area (Å²) in [6.45, 7) is 4.19. The highest BCUT2D eigenvalue weighted by atomic mass is 32.2. The van der Waals surface area contributed by atoms with Gasteiger partial charge in [-0.05, 0) is 47.4 Å². The van der Waals surface area contributed by atoms with Crippen LogP contribution in [-0.4, -0.2) is 63.4 Å². The second kappa shape index (κ2) is 12.3. The van der Waals surface area contributed by atoms with E-state index in [-0.39, 0.29) is 11.4 Å². The molecule has 0 radical (unpaired) electrons. The van der Waals surface area contributed by atoms with E-state index >= 15 is 0 Å². The fourth-order valence-corrected chi connectivity index (χ4v) is 6.47. The summed E-state index contributed by atoms with van der Waals surface area (Å²) < 4.78 is 33.1. The maximum absolute atomic E-state index is 13.5. The number of sulfonamides is 1. The number of hydrogen-bond acceptors (Lipinski definition) is 6. The van der Waals surface area contributed by atoms with E-state index in [2.05, 4.69) is 41.7 Å². The van der Waals surface area contributed by atoms with Crippen molar-refractivity contribution in [2.45, 2.75) is 17.4 Å². The van der Waals surface area contributed by atoms with Gasteiger partial charge in [0, 0.05) is 25.8 Å². The molecule has 0 aromatic heterocycles. The number of nitrogens with zero attached hydrogens (tertiary/aromatic N) is 2. The number of benzene rings is 4. The number of aryl methyl sites for hydroxylation is 1. The van der Waals surface area contributed by atoms with E-state index in [1.165, 1.54) is 7.05 Å². The van der Waals surface area contributed by atoms with Crippen molar-refractivity contribution in [3.05, 3.63) is 131 Å². The van der Waals surface area contributed by atoms with Gasteiger partial charge < -0.3 is 10.1 Å². The monoisotopic (exact) mass is 569 g/mol. The topological polar surface area (TPSA) is 79.0 Å². The Hall–Kier alpha value is -3.98. The molecule has 1 aliphatic heterocycles. The van der Waals surface area contributed by atoms with Crippen LogP contribution in [0.5, 0.6) is 0 Å². The summed E-state index contributed by atoms with van der Waals surface area (Å²) in [6.07, 6.45) is 0. The number of nitrogens with one attached hydrogen (secondary N) is 1. The Morgan fingerprint density at radius 1 is 0.829 bits per heavy atom. The van der Waals surface area contributed by atoms with Crippen molar-refractivity contribution in [1.29, 1.82) is 0 Å². The van der Waals surface area contributed by atoms with Gasteiger partial charge in [-0.2, -0.15) is 0 Å². The van der Waals surface area contributed by atoms with Crippen LogP contribution in [0.25, 0.3) is 0 Å². The number of hydrogen-bond donors (Lipinski definition) is 1. The third-order valence-electron chi connectivity index (χ3n) is 7.61. The molecule has 1 fully saturated rings. The van der Waals surface area contributed by atoms with Crippen molar-refractivity contribution in [3.63, 3.8) is 0 Å². The lowest BCUT2D eigenvalue weighted by Gasteiger charge is -2.38. The molecule has 4 aromatic carbocycles. The molecule has 0 saturated carbocycles. The molecule has 7 nitrogen and oxygen atoms in total. The minimum absolute atomic E-state index is 0.0332. The highest BCUT2D eigenvalue weighted by molar-refractivity contribution is 7.89. The Labute approximate surface area is 242 Å². The van der Waals surface area contributed by atoms with Crippen LogP contribution >= 0.6 is 0 Å². The summed E-state index contributed by atoms with van der Waals surface area (Å²) in [5, 5.41) is 3.80. The molecular formula is C33H35N3O4S. The van der Waals surface area contributed by atoms with E-state index in [4.69, 9.17) is 4.74 Å². The number of carbonyl (C=O) groups excluding carboxylic acids is 1. The summed E-state index contributed by atoms with van der Waals surface area (Å²) in [6, 6.07) is 35.6. The fraction of sp³-hybridized carbons (Fsp3) is 0.242. The number of carbonyl (C=O) groups is 1. The van der Waals surface area contributed by atoms with E-state index in [9.17, 15) is 13.2 Å². The lowest BCUT2D eigenvalue weighted by molar-refractivity contribution is -0.127. The first kappa shape index (κ1) is 28.5. The third-order valence-corrected chi connectivity index (χ3v) is 9.39. The van der Waals surface area contributed by atoms with Gasteiger partial charge in [-0.1, -0.05) is 91.0 Å². The molecule has 0 unspecified atom stereocenters. The Balaban J connectivity index is 1.51. The SMILES string of the molecule is Cc1cc(S(=O)(=O)N(C)C(=O)CN2CCOCC2)ccc1NC(c1ccccc1)(c1ccccc1)c1ccccc1. The minimum atomic E-state index is -4.03. The molecule has 0 atom stereocenters. The molecule has 0 bridgehead atoms. The molecule has 5 rings (SSSR count). The van der Waals surface area contributed by atoms with Crippen molar-refractivity contribution >= 4 is 21.6 Å². The van der Waals surface area contributed by atoms with Gasteiger partial charge in [0.05, 0.1) is 24.7 Å². The Kier molecular flexibility index (Phi) is 8.54. The third kappa shape index (κ3) is 5.91. The number of ether oxygens (including phenoxy) is 1. The predicted molar refractivity (Wildman–Crippen MR) is 161 cm³/mol. The molecule has 41 heavy (non-hydrogen) atoms. The van der Waals surface area contributed by atoms with Crippen LogP contribution < -0.4 is 5.32 Å². The molecule has 1 aliphatic rings. The number of likely N-dealkylation sites (N-methyl/N-ethyl adjacent to an activating group) is 1. The van der Waals surface area contributed by atoms with Gasteiger partial charge in [-0.25, -0.2) is 12.7 Å². The first-order chi connectivity index (χ1) is 19.8. The summed E-state index contributed by atoms with van der Waals surface area (Å²) in [5.41, 5.74) is 3.90. The van der Waals surface area contributed by atoms with E-state index in [0.717, 1.165) is 32.2 Å². The molecule has 212 valence electrons. The van der Waals surface area contributed by atoms with Gasteiger partial charge in [0.2, 0.25) is 5.91 Å². The second-order valence-corrected chi connectivity index (χ2v) is 12.2. The Bertz CT molecular complexity index is 1480. The van der Waals surface area contributed by atoms with Crippen molar-refractivity contribution in [3.8, 4) is 0 Å². The molecule has 4 aromatic rings. The molecule has 8 heteroatoms. The highest BCUT2D eigenvalue weighted by Gasteiger charge is 2.37. The van der Waals surface area contributed by atoms with Gasteiger partial charge in [-0.3, -0.25) is 9.69 Å². The summed E-state index contributed by atoms with van der Waals surface area (Å²) in [5.74, 6) is -0.469. The average molecular weight is 570 g/mol. The zero-order valence-electron chi connectivity index (χ0n) is 23.4. The van der Waals surface area contributed by atoms with Crippen molar-refractivity contribution in [2.75, 3.05) is 45.2 Å². The Morgan fingerprint density at radius 2 is 1.32 bits per heavy atom. The van der Waals surface area contributed by atoms with Crippen molar-refractivity contribution in [2.24, 2.45) is 0 Å². The fourth-order valence-electron chi connectivity index (χ4n) is 5.26. The van der Waals surface area contributed by atoms with Crippen LogP contribution in [-0.2, 0) is 25.1 Å². The molecule has 1 N–H and O–H groups in total. The number of rotatable bonds is 9. The zero-order valence-corrected chi connectivity index (χ0v) is 24.2. The van der Waals surface area contributed by atoms with Gasteiger partial charge >= 0.3 is 0 Å². The van der Waals surface area contributed by atoms with E-state index in [1.54, 1.807) is 18.2 Å². The van der Waals surface area contributed by atoms with E-state index < -0.39 is 21.5 Å². The standard InChI is InChI=1S/C33H35N3O4S/c1-26-24-30(41(38,39)35(2)32(37)25-36-20-22-40-23-21-36)18-19-31(26)34-33(27-12-6-3-7-13-27,28-14-8-4-9-15-28)29-16-10-5-11-17-29/h3-19,24,34H,20-23,25H2,1-2H3. The lowest BCUT2D eigenvalue weighted by atomic mass is 9.76. The molecule has 0 spiro atoms. The van der Waals surface area contributed by atoms with Crippen LogP contribution in [0.15, 0.2) is 114 Å². The highest BCUT2D eigenvalue weighted by Crippen LogP contribution is 2.41. The van der Waals surface area contributed by atoms with Crippen LogP contribution in [0.2, 0.25) is 0 Å². The largest absolute Gasteiger partial charge is 0.379 e. The van der Waals surface area contributed by atoms with Gasteiger partial charge in [-0.15, -0.1) is 0 Å². The van der Waals surface area contributed by atoms with Crippen LogP contribution in [0, 0.1) is 6.92 Å². The number of morpholine rings is 1. The van der Waals surface area contributed by atoms with Crippen LogP contribution in [0.4, 0.5) is 5.69 Å². The maximum Gasteiger partial charge on any atom is 0.266 e. The average Bonchev–Trinajstić information content (AvgIpc) is 3.02. The molecule has 1 heterocycles. The smallest absolute Gasteiger partial charge is 0.266 e. The molecule has 1 amide bonds. The zero-order chi connectivity index (χ0) is 28.9. The Morgan fingerprint density at radius 3 is 1.78 bits per heavy atom. The van der Waals surface area contributed by atoms with E-state index in [0.29, 0.717) is 26.3 Å². The predicted octanol–water partition coefficient (Wildman–Crippen LogP) is 4.88. The quantitative estimate of drug-likeness (QED) is 0.290. The maximum atomic E-state index is 13.5. The normalized spacial score (nSPS) is 14.4. The van der Waals surface area contributed by atoms with Crippen LogP contribution in [0.1, 0.15) is 22.3 Å². The lowest BCUT2D eigenvalue weighted by Crippen LogP contribution is -2.45. The van der Waals surface area contributed by atoms with E-state index in [1.807, 2.05) is 66.4 Å². The minimum Gasteiger partial charge on any atom is -0.379 e. The summed E-state index contributed by atoms with van der Waals surface area (Å²) >= 11 is 0.